The molecule has 1 fully saturated rings. The number of nitrogens with one attached hydrogen (secondary N) is 2. The van der Waals surface area contributed by atoms with Crippen molar-refractivity contribution in [2.45, 2.75) is 19.4 Å². The minimum absolute atomic E-state index is 0.152. The summed E-state index contributed by atoms with van der Waals surface area (Å²) in [7, 11) is 0. The Morgan fingerprint density at radius 3 is 2.97 bits per heavy atom. The molecule has 2 aliphatic heterocycles. The van der Waals surface area contributed by atoms with Gasteiger partial charge in [0.15, 0.2) is 0 Å². The maximum Gasteiger partial charge on any atom is 0.263 e. The van der Waals surface area contributed by atoms with Crippen molar-refractivity contribution < 1.29 is 9.53 Å². The van der Waals surface area contributed by atoms with Crippen LogP contribution in [0.1, 0.15) is 20.9 Å². The average molecular weight is 458 g/mol. The van der Waals surface area contributed by atoms with Gasteiger partial charge in [0.2, 0.25) is 0 Å². The van der Waals surface area contributed by atoms with E-state index in [9.17, 15) is 4.79 Å². The quantitative estimate of drug-likeness (QED) is 0.560. The van der Waals surface area contributed by atoms with Crippen LogP contribution in [0.3, 0.4) is 0 Å². The van der Waals surface area contributed by atoms with Gasteiger partial charge in [-0.2, -0.15) is 0 Å². The summed E-state index contributed by atoms with van der Waals surface area (Å²) in [5.41, 5.74) is 9.61. The molecule has 0 aliphatic carbocycles. The van der Waals surface area contributed by atoms with E-state index in [1.165, 1.54) is 11.3 Å². The van der Waals surface area contributed by atoms with Crippen LogP contribution >= 0.6 is 22.9 Å². The molecule has 1 saturated heterocycles. The van der Waals surface area contributed by atoms with Gasteiger partial charge in [0.1, 0.15) is 22.1 Å². The molecule has 0 bridgehead atoms. The summed E-state index contributed by atoms with van der Waals surface area (Å²) in [5.74, 6) is 0.642. The van der Waals surface area contributed by atoms with Crippen LogP contribution in [0.5, 0.6) is 5.75 Å². The number of carbonyl (C=O) groups excluding carboxylic acids is 1. The third kappa shape index (κ3) is 3.91. The molecule has 162 valence electrons. The summed E-state index contributed by atoms with van der Waals surface area (Å²) in [6.45, 7) is 6.05. The van der Waals surface area contributed by atoms with E-state index in [4.69, 9.17) is 22.1 Å². The van der Waals surface area contributed by atoms with Gasteiger partial charge in [0, 0.05) is 43.3 Å². The predicted octanol–water partition coefficient (Wildman–Crippen LogP) is 2.98. The normalized spacial score (nSPS) is 18.5. The summed E-state index contributed by atoms with van der Waals surface area (Å²) < 4.78 is 6.01. The van der Waals surface area contributed by atoms with Crippen molar-refractivity contribution in [3.05, 3.63) is 45.4 Å². The number of hydrogen-bond acceptors (Lipinski definition) is 7. The van der Waals surface area contributed by atoms with Gasteiger partial charge < -0.3 is 26.0 Å². The fourth-order valence-corrected chi connectivity index (χ4v) is 5.49. The molecule has 1 aromatic carbocycles. The Balaban J connectivity index is 1.32. The number of nitrogens with two attached hydrogens (primary N) is 1. The first-order chi connectivity index (χ1) is 15.0. The fraction of sp³-hybridized carbons (Fsp3) is 0.364. The highest BCUT2D eigenvalue weighted by atomic mass is 35.5. The molecule has 4 heterocycles. The van der Waals surface area contributed by atoms with Crippen molar-refractivity contribution in [2.24, 2.45) is 0 Å². The zero-order valence-electron chi connectivity index (χ0n) is 17.2. The van der Waals surface area contributed by atoms with Gasteiger partial charge in [-0.25, -0.2) is 4.98 Å². The maximum atomic E-state index is 12.9. The molecule has 0 saturated carbocycles. The Kier molecular flexibility index (Phi) is 5.37. The number of thiophene rings is 1. The average Bonchev–Trinajstić information content (AvgIpc) is 3.09. The highest BCUT2D eigenvalue weighted by Gasteiger charge is 2.26. The Morgan fingerprint density at radius 1 is 1.35 bits per heavy atom. The zero-order valence-corrected chi connectivity index (χ0v) is 18.8. The van der Waals surface area contributed by atoms with Crippen molar-refractivity contribution in [3.63, 3.8) is 0 Å². The predicted molar refractivity (Wildman–Crippen MR) is 126 cm³/mol. The molecule has 7 nitrogen and oxygen atoms in total. The summed E-state index contributed by atoms with van der Waals surface area (Å²) >= 11 is 7.92. The van der Waals surface area contributed by atoms with Crippen LogP contribution in [0.2, 0.25) is 5.02 Å². The number of aryl methyl sites for hydroxylation is 1. The van der Waals surface area contributed by atoms with E-state index in [1.54, 1.807) is 0 Å². The summed E-state index contributed by atoms with van der Waals surface area (Å²) in [5, 5.41) is 7.95. The Bertz CT molecular complexity index is 1160. The molecular formula is C22H24ClN5O2S. The van der Waals surface area contributed by atoms with Gasteiger partial charge in [-0.1, -0.05) is 11.6 Å². The lowest BCUT2D eigenvalue weighted by Crippen LogP contribution is -2.44. The number of pyridine rings is 1. The number of halogens is 1. The van der Waals surface area contributed by atoms with Crippen molar-refractivity contribution in [2.75, 3.05) is 43.4 Å². The van der Waals surface area contributed by atoms with Crippen molar-refractivity contribution in [3.8, 4) is 5.75 Å². The van der Waals surface area contributed by atoms with E-state index >= 15 is 0 Å². The molecule has 2 aromatic heterocycles. The van der Waals surface area contributed by atoms with Crippen LogP contribution in [-0.4, -0.2) is 49.7 Å². The second kappa shape index (κ2) is 8.18. The van der Waals surface area contributed by atoms with Crippen LogP contribution < -0.4 is 26.0 Å². The molecule has 0 unspecified atom stereocenters. The molecule has 2 aliphatic rings. The number of carbonyl (C=O) groups is 1. The molecule has 1 atom stereocenters. The van der Waals surface area contributed by atoms with Crippen LogP contribution in [0.15, 0.2) is 24.3 Å². The van der Waals surface area contributed by atoms with Crippen LogP contribution in [0, 0.1) is 6.92 Å². The number of nitrogens with zero attached hydrogens (tertiary/aromatic N) is 2. The second-order valence-electron chi connectivity index (χ2n) is 7.98. The number of fused-ring (bicyclic) bond motifs is 2. The smallest absolute Gasteiger partial charge is 0.263 e. The van der Waals surface area contributed by atoms with Gasteiger partial charge in [-0.3, -0.25) is 4.79 Å². The van der Waals surface area contributed by atoms with E-state index in [2.05, 4.69) is 20.5 Å². The molecule has 31 heavy (non-hydrogen) atoms. The highest BCUT2D eigenvalue weighted by Crippen LogP contribution is 2.37. The number of nitrogen functional groups attached to an aromatic ring is 1. The fourth-order valence-electron chi connectivity index (χ4n) is 4.14. The molecule has 4 N–H and O–H groups in total. The van der Waals surface area contributed by atoms with E-state index < -0.39 is 0 Å². The minimum Gasteiger partial charge on any atom is -0.491 e. The molecular weight excluding hydrogens is 434 g/mol. The Hall–Kier alpha value is -2.55. The highest BCUT2D eigenvalue weighted by molar-refractivity contribution is 7.21. The third-order valence-electron chi connectivity index (χ3n) is 5.77. The van der Waals surface area contributed by atoms with Gasteiger partial charge in [0.05, 0.1) is 22.4 Å². The van der Waals surface area contributed by atoms with E-state index in [0.29, 0.717) is 28.6 Å². The van der Waals surface area contributed by atoms with Crippen LogP contribution in [0.4, 0.5) is 11.4 Å². The molecule has 3 aromatic rings. The van der Waals surface area contributed by atoms with Gasteiger partial charge in [-0.15, -0.1) is 11.3 Å². The first-order valence-corrected chi connectivity index (χ1v) is 11.6. The second-order valence-corrected chi connectivity index (χ2v) is 9.39. The SMILES string of the molecule is Cc1ccc2c(N)c(C(=O)N[C@@H]3COc4cc(N5CCNCC5)c(Cl)cc4C3)sc2n1. The minimum atomic E-state index is -0.196. The lowest BCUT2D eigenvalue weighted by atomic mass is 10.0. The molecule has 0 spiro atoms. The van der Waals surface area contributed by atoms with E-state index in [-0.39, 0.29) is 11.9 Å². The lowest BCUT2D eigenvalue weighted by molar-refractivity contribution is 0.0920. The van der Waals surface area contributed by atoms with Gasteiger partial charge in [0.25, 0.3) is 5.91 Å². The van der Waals surface area contributed by atoms with E-state index in [0.717, 1.165) is 59.1 Å². The van der Waals surface area contributed by atoms with E-state index in [1.807, 2.05) is 31.2 Å². The first-order valence-electron chi connectivity index (χ1n) is 10.4. The van der Waals surface area contributed by atoms with Crippen molar-refractivity contribution in [1.29, 1.82) is 0 Å². The topological polar surface area (TPSA) is 92.5 Å². The van der Waals surface area contributed by atoms with Crippen LogP contribution in [-0.2, 0) is 6.42 Å². The molecule has 0 radical (unpaired) electrons. The largest absolute Gasteiger partial charge is 0.491 e. The first kappa shape index (κ1) is 20.4. The summed E-state index contributed by atoms with van der Waals surface area (Å²) in [4.78, 5) is 21.0. The number of hydrogen-bond donors (Lipinski definition) is 3. The Labute approximate surface area is 189 Å². The molecule has 9 heteroatoms. The number of aromatic nitrogens is 1. The van der Waals surface area contributed by atoms with Crippen molar-refractivity contribution >= 4 is 50.4 Å². The lowest BCUT2D eigenvalue weighted by Gasteiger charge is -2.32. The number of amides is 1. The summed E-state index contributed by atoms with van der Waals surface area (Å²) in [6.07, 6.45) is 0.658. The maximum absolute atomic E-state index is 12.9. The number of benzene rings is 1. The van der Waals surface area contributed by atoms with Gasteiger partial charge >= 0.3 is 0 Å². The van der Waals surface area contributed by atoms with Gasteiger partial charge in [-0.05, 0) is 37.1 Å². The number of anilines is 2. The molecule has 5 rings (SSSR count). The third-order valence-corrected chi connectivity index (χ3v) is 7.19. The number of piperazine rings is 1. The number of rotatable bonds is 3. The zero-order chi connectivity index (χ0) is 21.5. The molecule has 1 amide bonds. The monoisotopic (exact) mass is 457 g/mol. The summed E-state index contributed by atoms with van der Waals surface area (Å²) in [6, 6.07) is 7.65. The number of ether oxygens (including phenoxy) is 1. The Morgan fingerprint density at radius 2 is 2.16 bits per heavy atom. The van der Waals surface area contributed by atoms with Crippen molar-refractivity contribution in [1.82, 2.24) is 15.6 Å². The standard InChI is InChI=1S/C22H24ClN5O2S/c1-12-2-3-15-19(24)20(31-22(15)26-12)21(29)27-14-8-13-9-16(23)17(10-18(13)30-11-14)28-6-4-25-5-7-28/h2-3,9-10,14,25H,4-8,11,24H2,1H3,(H,27,29)/t14-/m0/s1. The van der Waals surface area contributed by atoms with Crippen LogP contribution in [0.25, 0.3) is 10.2 Å².